The van der Waals surface area contributed by atoms with Crippen LogP contribution in [0.15, 0.2) is 0 Å². The van der Waals surface area contributed by atoms with Crippen LogP contribution in [0.1, 0.15) is 13.3 Å². The van der Waals surface area contributed by atoms with Gasteiger partial charge in [-0.15, -0.1) is 0 Å². The fraction of sp³-hybridized carbons (Fsp3) is 0.833. The molecule has 0 radical (unpaired) electrons. The van der Waals surface area contributed by atoms with Crippen molar-refractivity contribution in [3.05, 3.63) is 0 Å². The van der Waals surface area contributed by atoms with Gasteiger partial charge < -0.3 is 20.8 Å². The summed E-state index contributed by atoms with van der Waals surface area (Å²) in [6.45, 7) is 4.15. The number of likely N-dealkylation sites (tertiary alicyclic amines) is 1. The Morgan fingerprint density at radius 1 is 1.32 bits per heavy atom. The van der Waals surface area contributed by atoms with Crippen LogP contribution >= 0.6 is 0 Å². The molecule has 7 heteroatoms. The summed E-state index contributed by atoms with van der Waals surface area (Å²) in [4.78, 5) is 24.4. The van der Waals surface area contributed by atoms with Crippen LogP contribution in [0, 0.1) is 5.92 Å². The minimum Gasteiger partial charge on any atom is -0.394 e. The fourth-order valence-electron chi connectivity index (χ4n) is 1.91. The Morgan fingerprint density at radius 3 is 2.58 bits per heavy atom. The lowest BCUT2D eigenvalue weighted by Crippen LogP contribution is -2.39. The summed E-state index contributed by atoms with van der Waals surface area (Å²) in [6, 6.07) is 0. The molecule has 1 aliphatic heterocycles. The van der Waals surface area contributed by atoms with Gasteiger partial charge in [0, 0.05) is 45.1 Å². The third-order valence-electron chi connectivity index (χ3n) is 3.05. The van der Waals surface area contributed by atoms with Crippen molar-refractivity contribution in [1.29, 1.82) is 0 Å². The summed E-state index contributed by atoms with van der Waals surface area (Å²) in [5.41, 5.74) is 0. The number of hydrogen-bond donors (Lipinski definition) is 4. The normalized spacial score (nSPS) is 21.2. The highest BCUT2D eigenvalue weighted by Gasteiger charge is 2.34. The topological polar surface area (TPSA) is 102 Å². The van der Waals surface area contributed by atoms with E-state index in [4.69, 9.17) is 10.2 Å². The van der Waals surface area contributed by atoms with Gasteiger partial charge in [0.15, 0.2) is 0 Å². The van der Waals surface area contributed by atoms with Crippen molar-refractivity contribution in [2.45, 2.75) is 19.4 Å². The molecule has 1 heterocycles. The maximum Gasteiger partial charge on any atom is 0.232 e. The molecule has 0 aromatic rings. The van der Waals surface area contributed by atoms with Crippen LogP contribution in [0.25, 0.3) is 0 Å². The predicted molar refractivity (Wildman–Crippen MR) is 69.3 cm³/mol. The Hall–Kier alpha value is -1.02. The quantitative estimate of drug-likeness (QED) is 0.284. The van der Waals surface area contributed by atoms with Crippen LogP contribution in [-0.2, 0) is 9.59 Å². The maximum atomic E-state index is 11.6. The van der Waals surface area contributed by atoms with Gasteiger partial charge in [-0.1, -0.05) is 6.92 Å². The lowest BCUT2D eigenvalue weighted by molar-refractivity contribution is -0.139. The highest BCUT2D eigenvalue weighted by molar-refractivity contribution is 6.03. The van der Waals surface area contributed by atoms with Gasteiger partial charge in [0.25, 0.3) is 0 Å². The predicted octanol–water partition coefficient (Wildman–Crippen LogP) is -2.09. The number of aliphatic hydroxyl groups is 2. The third kappa shape index (κ3) is 5.23. The lowest BCUT2D eigenvalue weighted by atomic mass is 10.1. The molecule has 0 bridgehead atoms. The Bertz CT molecular complexity index is 311. The zero-order valence-electron chi connectivity index (χ0n) is 11.3. The number of carbonyl (C=O) groups excluding carboxylic acids is 2. The molecular formula is C12H23N3O4. The first-order chi connectivity index (χ1) is 9.06. The molecular weight excluding hydrogens is 250 g/mol. The van der Waals surface area contributed by atoms with Crippen LogP contribution in [0.4, 0.5) is 0 Å². The van der Waals surface area contributed by atoms with Crippen LogP contribution < -0.4 is 10.6 Å². The number of aliphatic hydroxyl groups excluding tert-OH is 2. The van der Waals surface area contributed by atoms with Gasteiger partial charge in [0.2, 0.25) is 11.8 Å². The molecule has 0 aromatic heterocycles. The molecule has 1 saturated heterocycles. The number of nitrogens with zero attached hydrogens (tertiary/aromatic N) is 1. The lowest BCUT2D eigenvalue weighted by Gasteiger charge is -2.15. The van der Waals surface area contributed by atoms with Crippen molar-refractivity contribution in [3.63, 3.8) is 0 Å². The van der Waals surface area contributed by atoms with Crippen molar-refractivity contribution in [1.82, 2.24) is 15.5 Å². The molecule has 0 saturated carbocycles. The molecule has 0 spiro atoms. The standard InChI is InChI=1S/C12H23N3O4/c1-9-6-11(18)15(12(9)19)5-4-13-2-3-14-7-10(17)8-16/h9-10,13-14,16-17H,2-8H2,1H3. The SMILES string of the molecule is CC1CC(=O)N(CCNCCNCC(O)CO)C1=O. The van der Waals surface area contributed by atoms with Crippen molar-refractivity contribution < 1.29 is 19.8 Å². The zero-order valence-corrected chi connectivity index (χ0v) is 11.3. The summed E-state index contributed by atoms with van der Waals surface area (Å²) >= 11 is 0. The van der Waals surface area contributed by atoms with Crippen LogP contribution in [0.5, 0.6) is 0 Å². The van der Waals surface area contributed by atoms with Crippen molar-refractivity contribution >= 4 is 11.8 Å². The van der Waals surface area contributed by atoms with E-state index in [1.54, 1.807) is 6.92 Å². The molecule has 2 atom stereocenters. The van der Waals surface area contributed by atoms with Gasteiger partial charge in [-0.3, -0.25) is 14.5 Å². The minimum absolute atomic E-state index is 0.0870. The van der Waals surface area contributed by atoms with E-state index in [1.165, 1.54) is 4.90 Å². The minimum atomic E-state index is -0.735. The van der Waals surface area contributed by atoms with E-state index in [9.17, 15) is 9.59 Å². The number of amides is 2. The van der Waals surface area contributed by atoms with Gasteiger partial charge in [0.1, 0.15) is 0 Å². The fourth-order valence-corrected chi connectivity index (χ4v) is 1.91. The molecule has 1 rings (SSSR count). The number of carbonyl (C=O) groups is 2. The van der Waals surface area contributed by atoms with E-state index < -0.39 is 6.10 Å². The first-order valence-electron chi connectivity index (χ1n) is 6.60. The van der Waals surface area contributed by atoms with E-state index in [0.29, 0.717) is 39.1 Å². The Labute approximate surface area is 113 Å². The van der Waals surface area contributed by atoms with Crippen molar-refractivity contribution in [2.24, 2.45) is 5.92 Å². The second-order valence-electron chi connectivity index (χ2n) is 4.78. The summed E-state index contributed by atoms with van der Waals surface area (Å²) in [7, 11) is 0. The highest BCUT2D eigenvalue weighted by Crippen LogP contribution is 2.17. The Balaban J connectivity index is 2.02. The first-order valence-corrected chi connectivity index (χ1v) is 6.60. The smallest absolute Gasteiger partial charge is 0.232 e. The molecule has 1 fully saturated rings. The third-order valence-corrected chi connectivity index (χ3v) is 3.05. The second-order valence-corrected chi connectivity index (χ2v) is 4.78. The molecule has 4 N–H and O–H groups in total. The van der Waals surface area contributed by atoms with Crippen LogP contribution in [0.2, 0.25) is 0 Å². The van der Waals surface area contributed by atoms with Crippen LogP contribution in [-0.4, -0.2) is 72.4 Å². The first kappa shape index (κ1) is 16.0. The number of nitrogens with one attached hydrogen (secondary N) is 2. The zero-order chi connectivity index (χ0) is 14.3. The van der Waals surface area contributed by atoms with Crippen molar-refractivity contribution in [3.8, 4) is 0 Å². The summed E-state index contributed by atoms with van der Waals surface area (Å²) in [5, 5.41) is 23.7. The molecule has 7 nitrogen and oxygen atoms in total. The average Bonchev–Trinajstić information content (AvgIpc) is 2.63. The molecule has 2 unspecified atom stereocenters. The molecule has 1 aliphatic rings. The summed E-state index contributed by atoms with van der Waals surface area (Å²) in [6.07, 6.45) is -0.416. The number of hydrogen-bond acceptors (Lipinski definition) is 6. The van der Waals surface area contributed by atoms with Gasteiger partial charge >= 0.3 is 0 Å². The van der Waals surface area contributed by atoms with E-state index >= 15 is 0 Å². The van der Waals surface area contributed by atoms with Gasteiger partial charge in [-0.25, -0.2) is 0 Å². The highest BCUT2D eigenvalue weighted by atomic mass is 16.3. The van der Waals surface area contributed by atoms with Crippen molar-refractivity contribution in [2.75, 3.05) is 39.3 Å². The maximum absolute atomic E-state index is 11.6. The Morgan fingerprint density at radius 2 is 2.00 bits per heavy atom. The average molecular weight is 273 g/mol. The molecule has 110 valence electrons. The van der Waals surface area contributed by atoms with Gasteiger partial charge in [0.05, 0.1) is 12.7 Å². The van der Waals surface area contributed by atoms with Crippen LogP contribution in [0.3, 0.4) is 0 Å². The van der Waals surface area contributed by atoms with E-state index in [2.05, 4.69) is 10.6 Å². The summed E-state index contributed by atoms with van der Waals surface area (Å²) < 4.78 is 0. The molecule has 19 heavy (non-hydrogen) atoms. The Kier molecular flexibility index (Phi) is 6.93. The second kappa shape index (κ2) is 8.21. The van der Waals surface area contributed by atoms with Gasteiger partial charge in [-0.05, 0) is 0 Å². The monoisotopic (exact) mass is 273 g/mol. The molecule has 0 aliphatic carbocycles. The largest absolute Gasteiger partial charge is 0.394 e. The van der Waals surface area contributed by atoms with E-state index in [1.807, 2.05) is 0 Å². The summed E-state index contributed by atoms with van der Waals surface area (Å²) in [5.74, 6) is -0.367. The van der Waals surface area contributed by atoms with E-state index in [-0.39, 0.29) is 24.3 Å². The number of rotatable bonds is 9. The van der Waals surface area contributed by atoms with Gasteiger partial charge in [-0.2, -0.15) is 0 Å². The molecule has 0 aromatic carbocycles. The van der Waals surface area contributed by atoms with E-state index in [0.717, 1.165) is 0 Å². The molecule has 2 amide bonds. The number of imide groups is 1.